The number of non-ortho nitro benzene ring substituents is 1. The predicted molar refractivity (Wildman–Crippen MR) is 108 cm³/mol. The molecule has 0 atom stereocenters. The average Bonchev–Trinajstić information content (AvgIpc) is 2.73. The van der Waals surface area contributed by atoms with Crippen LogP contribution < -0.4 is 10.7 Å². The molecule has 3 rings (SSSR count). The topological polar surface area (TPSA) is 96.6 Å². The molecule has 0 radical (unpaired) electrons. The summed E-state index contributed by atoms with van der Waals surface area (Å²) in [5.74, 6) is -0.365. The van der Waals surface area contributed by atoms with Gasteiger partial charge in [0.05, 0.1) is 11.1 Å². The third-order valence-electron chi connectivity index (χ3n) is 3.95. The Hall–Kier alpha value is -4.00. The lowest BCUT2D eigenvalue weighted by molar-refractivity contribution is -0.384. The monoisotopic (exact) mass is 374 g/mol. The number of carbonyl (C=O) groups is 1. The van der Waals surface area contributed by atoms with E-state index in [1.165, 1.54) is 23.9 Å². The van der Waals surface area contributed by atoms with Gasteiger partial charge < -0.3 is 5.32 Å². The Morgan fingerprint density at radius 2 is 1.75 bits per heavy atom. The smallest absolute Gasteiger partial charge is 0.271 e. The van der Waals surface area contributed by atoms with Gasteiger partial charge in [-0.15, -0.1) is 0 Å². The van der Waals surface area contributed by atoms with Crippen LogP contribution in [-0.4, -0.2) is 17.0 Å². The van der Waals surface area contributed by atoms with E-state index in [9.17, 15) is 14.9 Å². The molecule has 3 aromatic carbocycles. The van der Waals surface area contributed by atoms with Gasteiger partial charge >= 0.3 is 0 Å². The van der Waals surface area contributed by atoms with E-state index in [0.717, 1.165) is 5.69 Å². The Morgan fingerprint density at radius 1 is 1.00 bits per heavy atom. The highest BCUT2D eigenvalue weighted by Crippen LogP contribution is 2.12. The summed E-state index contributed by atoms with van der Waals surface area (Å²) in [6, 6.07) is 23.0. The molecule has 0 aromatic heterocycles. The van der Waals surface area contributed by atoms with Gasteiger partial charge in [-0.05, 0) is 29.8 Å². The fraction of sp³-hybridized carbons (Fsp3) is 0.0476. The summed E-state index contributed by atoms with van der Waals surface area (Å²) in [5.41, 5.74) is 5.43. The van der Waals surface area contributed by atoms with Crippen molar-refractivity contribution < 1.29 is 9.72 Å². The number of carbonyl (C=O) groups excluding carboxylic acids is 1. The molecule has 3 aromatic rings. The number of anilines is 1. The van der Waals surface area contributed by atoms with Crippen molar-refractivity contribution in [3.8, 4) is 0 Å². The van der Waals surface area contributed by atoms with Crippen molar-refractivity contribution >= 4 is 23.5 Å². The normalized spacial score (nSPS) is 10.6. The van der Waals surface area contributed by atoms with Gasteiger partial charge in [-0.3, -0.25) is 14.9 Å². The van der Waals surface area contributed by atoms with Crippen LogP contribution in [-0.2, 0) is 6.54 Å². The van der Waals surface area contributed by atoms with E-state index in [2.05, 4.69) is 15.8 Å². The minimum atomic E-state index is -0.483. The van der Waals surface area contributed by atoms with Gasteiger partial charge in [0, 0.05) is 35.5 Å². The lowest BCUT2D eigenvalue weighted by Crippen LogP contribution is -2.17. The van der Waals surface area contributed by atoms with Crippen molar-refractivity contribution in [2.75, 3.05) is 5.32 Å². The fourth-order valence-corrected chi connectivity index (χ4v) is 2.49. The number of amides is 1. The summed E-state index contributed by atoms with van der Waals surface area (Å²) in [4.78, 5) is 22.4. The lowest BCUT2D eigenvalue weighted by Gasteiger charge is -2.07. The highest BCUT2D eigenvalue weighted by atomic mass is 16.6. The number of hydrogen-bond donors (Lipinski definition) is 2. The summed E-state index contributed by atoms with van der Waals surface area (Å²) in [7, 11) is 0. The molecule has 0 fully saturated rings. The molecule has 140 valence electrons. The fourth-order valence-electron chi connectivity index (χ4n) is 2.49. The first-order valence-electron chi connectivity index (χ1n) is 8.57. The molecule has 1 amide bonds. The molecule has 28 heavy (non-hydrogen) atoms. The molecule has 0 unspecified atom stereocenters. The molecule has 2 N–H and O–H groups in total. The maximum Gasteiger partial charge on any atom is 0.271 e. The van der Waals surface area contributed by atoms with Crippen LogP contribution in [0.3, 0.4) is 0 Å². The first-order chi connectivity index (χ1) is 13.6. The number of rotatable bonds is 7. The highest BCUT2D eigenvalue weighted by Gasteiger charge is 2.06. The van der Waals surface area contributed by atoms with E-state index in [-0.39, 0.29) is 11.6 Å². The molecular weight excluding hydrogens is 356 g/mol. The van der Waals surface area contributed by atoms with E-state index in [1.54, 1.807) is 24.3 Å². The van der Waals surface area contributed by atoms with Crippen molar-refractivity contribution in [2.24, 2.45) is 5.10 Å². The van der Waals surface area contributed by atoms with Crippen LogP contribution in [0.5, 0.6) is 0 Å². The van der Waals surface area contributed by atoms with Crippen LogP contribution >= 0.6 is 0 Å². The second-order valence-corrected chi connectivity index (χ2v) is 5.97. The zero-order valence-electron chi connectivity index (χ0n) is 14.9. The minimum absolute atomic E-state index is 0.0335. The van der Waals surface area contributed by atoms with Gasteiger partial charge in [0.2, 0.25) is 0 Å². The molecule has 7 nitrogen and oxygen atoms in total. The predicted octanol–water partition coefficient (Wildman–Crippen LogP) is 3.97. The Bertz CT molecular complexity index is 986. The second-order valence-electron chi connectivity index (χ2n) is 5.97. The zero-order valence-corrected chi connectivity index (χ0v) is 14.9. The van der Waals surface area contributed by atoms with Gasteiger partial charge in [0.15, 0.2) is 0 Å². The largest absolute Gasteiger partial charge is 0.381 e. The van der Waals surface area contributed by atoms with Crippen molar-refractivity contribution in [3.63, 3.8) is 0 Å². The van der Waals surface area contributed by atoms with E-state index in [1.807, 2.05) is 42.5 Å². The Kier molecular flexibility index (Phi) is 6.10. The quantitative estimate of drug-likeness (QED) is 0.371. The molecule has 0 spiro atoms. The summed E-state index contributed by atoms with van der Waals surface area (Å²) in [6.07, 6.45) is 1.36. The van der Waals surface area contributed by atoms with Crippen LogP contribution in [0.1, 0.15) is 21.5 Å². The molecule has 0 aliphatic heterocycles. The Morgan fingerprint density at radius 3 is 2.46 bits per heavy atom. The maximum atomic E-state index is 12.1. The number of nitrogens with zero attached hydrogens (tertiary/aromatic N) is 2. The van der Waals surface area contributed by atoms with Gasteiger partial charge in [-0.1, -0.05) is 42.5 Å². The van der Waals surface area contributed by atoms with E-state index < -0.39 is 4.92 Å². The maximum absolute atomic E-state index is 12.1. The highest BCUT2D eigenvalue weighted by molar-refractivity contribution is 5.95. The van der Waals surface area contributed by atoms with E-state index >= 15 is 0 Å². The van der Waals surface area contributed by atoms with Gasteiger partial charge in [-0.25, -0.2) is 5.43 Å². The Balaban J connectivity index is 1.54. The van der Waals surface area contributed by atoms with Crippen LogP contribution in [0.15, 0.2) is 84.0 Å². The van der Waals surface area contributed by atoms with Crippen molar-refractivity contribution in [3.05, 3.63) is 106 Å². The molecule has 0 bridgehead atoms. The molecule has 7 heteroatoms. The standard InChI is InChI=1S/C21H18N4O3/c26-21(24-23-15-17-7-4-8-20(13-17)25(27)28)18-9-11-19(12-10-18)22-14-16-5-2-1-3-6-16/h1-13,15,22H,14H2,(H,24,26). The summed E-state index contributed by atoms with van der Waals surface area (Å²) < 4.78 is 0. The van der Waals surface area contributed by atoms with E-state index in [0.29, 0.717) is 17.7 Å². The van der Waals surface area contributed by atoms with Gasteiger partial charge in [0.25, 0.3) is 11.6 Å². The van der Waals surface area contributed by atoms with Crippen LogP contribution in [0, 0.1) is 10.1 Å². The number of nitrogens with one attached hydrogen (secondary N) is 2. The summed E-state index contributed by atoms with van der Waals surface area (Å²) in [5, 5.41) is 17.9. The molecule has 0 aliphatic rings. The van der Waals surface area contributed by atoms with Crippen LogP contribution in [0.4, 0.5) is 11.4 Å². The lowest BCUT2D eigenvalue weighted by atomic mass is 10.2. The van der Waals surface area contributed by atoms with Crippen molar-refractivity contribution in [1.29, 1.82) is 0 Å². The van der Waals surface area contributed by atoms with Crippen LogP contribution in [0.2, 0.25) is 0 Å². The third kappa shape index (κ3) is 5.25. The molecule has 0 heterocycles. The van der Waals surface area contributed by atoms with Crippen molar-refractivity contribution in [2.45, 2.75) is 6.54 Å². The number of nitro benzene ring substituents is 1. The Labute approximate surface area is 161 Å². The molecule has 0 saturated carbocycles. The zero-order chi connectivity index (χ0) is 19.8. The summed E-state index contributed by atoms with van der Waals surface area (Å²) >= 11 is 0. The average molecular weight is 374 g/mol. The third-order valence-corrected chi connectivity index (χ3v) is 3.95. The van der Waals surface area contributed by atoms with Crippen LogP contribution in [0.25, 0.3) is 0 Å². The van der Waals surface area contributed by atoms with Crippen molar-refractivity contribution in [1.82, 2.24) is 5.43 Å². The van der Waals surface area contributed by atoms with Gasteiger partial charge in [-0.2, -0.15) is 5.10 Å². The molecular formula is C21H18N4O3. The van der Waals surface area contributed by atoms with E-state index in [4.69, 9.17) is 0 Å². The first-order valence-corrected chi connectivity index (χ1v) is 8.57. The second kappa shape index (κ2) is 9.09. The number of hydrogen-bond acceptors (Lipinski definition) is 5. The summed E-state index contributed by atoms with van der Waals surface area (Å²) in [6.45, 7) is 0.694. The number of benzene rings is 3. The molecule has 0 saturated heterocycles. The minimum Gasteiger partial charge on any atom is -0.381 e. The SMILES string of the molecule is O=C(NN=Cc1cccc([N+](=O)[O-])c1)c1ccc(NCc2ccccc2)cc1. The number of hydrazone groups is 1. The molecule has 0 aliphatic carbocycles. The van der Waals surface area contributed by atoms with Gasteiger partial charge in [0.1, 0.15) is 0 Å². The number of nitro groups is 1. The first kappa shape index (κ1) is 18.8.